The molecule has 0 aliphatic carbocycles. The Labute approximate surface area is 102 Å². The highest BCUT2D eigenvalue weighted by Gasteiger charge is 2.32. The quantitative estimate of drug-likeness (QED) is 0.464. The Bertz CT molecular complexity index is 482. The van der Waals surface area contributed by atoms with E-state index in [0.717, 1.165) is 5.56 Å². The number of aryl methyl sites for hydroxylation is 1. The van der Waals surface area contributed by atoms with E-state index < -0.39 is 16.8 Å². The zero-order valence-corrected chi connectivity index (χ0v) is 10.0. The van der Waals surface area contributed by atoms with Gasteiger partial charge >= 0.3 is 6.36 Å². The first-order valence-electron chi connectivity index (χ1n) is 4.34. The summed E-state index contributed by atoms with van der Waals surface area (Å²) in [6.45, 7) is 3.65. The normalized spacial score (nSPS) is 11.4. The number of nitrogens with zero attached hydrogens (tertiary/aromatic N) is 1. The van der Waals surface area contributed by atoms with Gasteiger partial charge in [0.2, 0.25) is 10.4 Å². The molecular weight excluding hydrogens is 275 g/mol. The molecule has 0 aliphatic heterocycles. The lowest BCUT2D eigenvalue weighted by atomic mass is 10.3. The molecule has 1 aromatic heterocycles. The van der Waals surface area contributed by atoms with E-state index in [-0.39, 0.29) is 0 Å². The molecule has 0 bridgehead atoms. The molecule has 0 saturated carbocycles. The highest BCUT2D eigenvalue weighted by Crippen LogP contribution is 2.17. The molecule has 1 rings (SSSR count). The number of pyridine rings is 1. The van der Waals surface area contributed by atoms with Gasteiger partial charge in [-0.15, -0.1) is 13.2 Å². The average Bonchev–Trinajstić information content (AvgIpc) is 2.14. The van der Waals surface area contributed by atoms with Crippen LogP contribution in [0.4, 0.5) is 13.2 Å². The fraction of sp³-hybridized carbons (Fsp3) is 0.222. The highest BCUT2D eigenvalue weighted by molar-refractivity contribution is 7.80. The molecule has 0 aromatic carbocycles. The summed E-state index contributed by atoms with van der Waals surface area (Å²) >= 11 is 0. The van der Waals surface area contributed by atoms with Gasteiger partial charge in [-0.1, -0.05) is 12.7 Å². The van der Waals surface area contributed by atoms with Crippen LogP contribution in [0.3, 0.4) is 0 Å². The van der Waals surface area contributed by atoms with Crippen LogP contribution < -0.4 is 4.57 Å². The van der Waals surface area contributed by atoms with E-state index in [4.69, 9.17) is 13.0 Å². The van der Waals surface area contributed by atoms with Crippen LogP contribution in [0.2, 0.25) is 0 Å². The van der Waals surface area contributed by atoms with Crippen molar-refractivity contribution in [1.82, 2.24) is 0 Å². The molecular formula is C9H10F3NO4S. The predicted octanol–water partition coefficient (Wildman–Crippen LogP) is 1.14. The molecule has 9 heteroatoms. The summed E-state index contributed by atoms with van der Waals surface area (Å²) in [5.41, 5.74) is 1.16. The van der Waals surface area contributed by atoms with Gasteiger partial charge in [0.05, 0.1) is 0 Å². The zero-order valence-electron chi connectivity index (χ0n) is 9.22. The maximum absolute atomic E-state index is 10.8. The summed E-state index contributed by atoms with van der Waals surface area (Å²) in [6, 6.07) is 4.04. The van der Waals surface area contributed by atoms with Crippen molar-refractivity contribution >= 4 is 16.5 Å². The Morgan fingerprint density at radius 2 is 1.83 bits per heavy atom. The topological polar surface area (TPSA) is 70.3 Å². The van der Waals surface area contributed by atoms with Gasteiger partial charge in [0, 0.05) is 12.1 Å². The molecule has 0 amide bonds. The first-order chi connectivity index (χ1) is 8.03. The summed E-state index contributed by atoms with van der Waals surface area (Å²) in [5.74, 6) is 0. The number of aromatic nitrogens is 1. The van der Waals surface area contributed by atoms with E-state index in [2.05, 4.69) is 6.58 Å². The molecule has 1 heterocycles. The summed E-state index contributed by atoms with van der Waals surface area (Å²) < 4.78 is 63.7. The number of halogens is 3. The second-order valence-corrected chi connectivity index (χ2v) is 3.92. The van der Waals surface area contributed by atoms with Crippen LogP contribution in [-0.2, 0) is 21.6 Å². The van der Waals surface area contributed by atoms with Crippen molar-refractivity contribution in [2.45, 2.75) is 6.36 Å². The van der Waals surface area contributed by atoms with Gasteiger partial charge in [-0.25, -0.2) is 13.0 Å². The lowest BCUT2D eigenvalue weighted by Crippen LogP contribution is -2.25. The molecule has 0 atom stereocenters. The summed E-state index contributed by atoms with van der Waals surface area (Å²) in [4.78, 5) is 0. The van der Waals surface area contributed by atoms with Crippen molar-refractivity contribution in [2.24, 2.45) is 7.05 Å². The molecule has 0 unspecified atom stereocenters. The SMILES string of the molecule is C=Cc1cc[n+](C)cc1.O=S(=O)([O-])OC(F)(F)F. The Kier molecular flexibility index (Phi) is 5.95. The van der Waals surface area contributed by atoms with Crippen molar-refractivity contribution in [3.63, 3.8) is 0 Å². The van der Waals surface area contributed by atoms with E-state index in [9.17, 15) is 13.2 Å². The number of alkyl halides is 3. The van der Waals surface area contributed by atoms with Crippen LogP contribution >= 0.6 is 0 Å². The monoisotopic (exact) mass is 285 g/mol. The van der Waals surface area contributed by atoms with Gasteiger partial charge in [-0.2, -0.15) is 4.18 Å². The Morgan fingerprint density at radius 1 is 1.39 bits per heavy atom. The lowest BCUT2D eigenvalue weighted by molar-refractivity contribution is -0.671. The Balaban J connectivity index is 0.000000321. The molecule has 1 aromatic rings. The summed E-state index contributed by atoms with van der Waals surface area (Å²) in [6.07, 6.45) is 0.411. The maximum atomic E-state index is 10.8. The fourth-order valence-corrected chi connectivity index (χ4v) is 0.996. The molecule has 0 saturated heterocycles. The van der Waals surface area contributed by atoms with Gasteiger partial charge in [-0.05, 0) is 5.56 Å². The fourth-order valence-electron chi connectivity index (χ4n) is 0.764. The first-order valence-corrected chi connectivity index (χ1v) is 5.68. The number of hydrogen-bond acceptors (Lipinski definition) is 4. The molecule has 0 aliphatic rings. The average molecular weight is 285 g/mol. The number of rotatable bonds is 2. The van der Waals surface area contributed by atoms with Crippen LogP contribution in [0, 0.1) is 0 Å². The van der Waals surface area contributed by atoms with E-state index in [0.29, 0.717) is 0 Å². The van der Waals surface area contributed by atoms with Crippen molar-refractivity contribution < 1.29 is 34.9 Å². The van der Waals surface area contributed by atoms with E-state index >= 15 is 0 Å². The Morgan fingerprint density at radius 3 is 2.06 bits per heavy atom. The highest BCUT2D eigenvalue weighted by atomic mass is 32.3. The molecule has 0 radical (unpaired) electrons. The van der Waals surface area contributed by atoms with Crippen LogP contribution in [0.1, 0.15) is 5.56 Å². The number of hydrogen-bond donors (Lipinski definition) is 0. The minimum absolute atomic E-state index is 1.16. The van der Waals surface area contributed by atoms with Crippen molar-refractivity contribution in [1.29, 1.82) is 0 Å². The molecule has 0 N–H and O–H groups in total. The lowest BCUT2D eigenvalue weighted by Gasteiger charge is -2.08. The minimum Gasteiger partial charge on any atom is -0.725 e. The third-order valence-electron chi connectivity index (χ3n) is 1.44. The van der Waals surface area contributed by atoms with Crippen molar-refractivity contribution in [2.75, 3.05) is 0 Å². The van der Waals surface area contributed by atoms with Crippen LogP contribution in [0.25, 0.3) is 6.08 Å². The largest absolute Gasteiger partial charge is 0.725 e. The minimum atomic E-state index is -5.66. The summed E-state index contributed by atoms with van der Waals surface area (Å²) in [5, 5.41) is 0. The second kappa shape index (κ2) is 6.47. The standard InChI is InChI=1S/C8H10N.CHF3O4S/c1-3-8-4-6-9(2)7-5-8;2-1(3,4)8-9(5,6)7/h3-7H,1H2,2H3;(H,5,6,7)/q+1;/p-1. The molecule has 18 heavy (non-hydrogen) atoms. The van der Waals surface area contributed by atoms with Crippen molar-refractivity contribution in [3.05, 3.63) is 36.7 Å². The van der Waals surface area contributed by atoms with E-state index in [1.807, 2.05) is 46.4 Å². The van der Waals surface area contributed by atoms with Crippen LogP contribution in [0.15, 0.2) is 31.1 Å². The van der Waals surface area contributed by atoms with Crippen molar-refractivity contribution in [3.8, 4) is 0 Å². The second-order valence-electron chi connectivity index (χ2n) is 2.94. The van der Waals surface area contributed by atoms with Crippen LogP contribution in [-0.4, -0.2) is 19.3 Å². The maximum Gasteiger partial charge on any atom is 0.536 e. The molecule has 0 fully saturated rings. The first kappa shape index (κ1) is 16.6. The molecule has 0 spiro atoms. The van der Waals surface area contributed by atoms with Crippen LogP contribution in [0.5, 0.6) is 0 Å². The third kappa shape index (κ3) is 9.75. The van der Waals surface area contributed by atoms with Gasteiger partial charge in [0.1, 0.15) is 7.05 Å². The smallest absolute Gasteiger partial charge is 0.536 e. The molecule has 5 nitrogen and oxygen atoms in total. The van der Waals surface area contributed by atoms with Gasteiger partial charge in [0.15, 0.2) is 12.4 Å². The molecule has 102 valence electrons. The van der Waals surface area contributed by atoms with E-state index in [1.54, 1.807) is 0 Å². The van der Waals surface area contributed by atoms with Gasteiger partial charge < -0.3 is 4.55 Å². The zero-order chi connectivity index (χ0) is 14.4. The predicted molar refractivity (Wildman–Crippen MR) is 54.5 cm³/mol. The third-order valence-corrected chi connectivity index (χ3v) is 1.83. The van der Waals surface area contributed by atoms with Gasteiger partial charge in [0.25, 0.3) is 0 Å². The Hall–Kier alpha value is -1.45. The summed E-state index contributed by atoms with van der Waals surface area (Å²) in [7, 11) is -3.66. The van der Waals surface area contributed by atoms with Gasteiger partial charge in [-0.3, -0.25) is 0 Å². The van der Waals surface area contributed by atoms with E-state index in [1.165, 1.54) is 0 Å².